The molecule has 0 bridgehead atoms. The van der Waals surface area contributed by atoms with Crippen molar-refractivity contribution in [2.24, 2.45) is 5.92 Å². The Bertz CT molecular complexity index is 231. The van der Waals surface area contributed by atoms with Crippen LogP contribution in [0.2, 0.25) is 0 Å². The van der Waals surface area contributed by atoms with E-state index in [9.17, 15) is 4.39 Å². The van der Waals surface area contributed by atoms with E-state index in [0.29, 0.717) is 5.92 Å². The van der Waals surface area contributed by atoms with Gasteiger partial charge in [-0.1, -0.05) is 13.8 Å². The molecule has 0 heterocycles. The third-order valence-electron chi connectivity index (χ3n) is 1.56. The highest BCUT2D eigenvalue weighted by Crippen LogP contribution is 2.08. The molecule has 0 radical (unpaired) electrons. The minimum Gasteiger partial charge on any atom is -0.385 e. The summed E-state index contributed by atoms with van der Waals surface area (Å²) in [6.45, 7) is 5.19. The molecular weight excluding hydrogens is 167 g/mol. The first-order valence-corrected chi connectivity index (χ1v) is 4.18. The van der Waals surface area contributed by atoms with Crippen molar-refractivity contribution in [1.29, 1.82) is 0 Å². The van der Waals surface area contributed by atoms with Gasteiger partial charge in [0.25, 0.3) is 0 Å². The number of anilines is 1. The van der Waals surface area contributed by atoms with Gasteiger partial charge in [-0.15, -0.1) is 0 Å². The second-order valence-corrected chi connectivity index (χ2v) is 3.28. The molecule has 0 aliphatic carbocycles. The molecule has 0 aromatic heterocycles. The summed E-state index contributed by atoms with van der Waals surface area (Å²) in [5.41, 5.74) is 0.977. The Morgan fingerprint density at radius 1 is 1.23 bits per heavy atom. The molecule has 0 aliphatic rings. The number of halogens is 1. The molecule has 1 aromatic carbocycles. The highest BCUT2D eigenvalue weighted by molar-refractivity contribution is 5.42. The second kappa shape index (κ2) is 5.54. The first kappa shape index (κ1) is 11.9. The van der Waals surface area contributed by atoms with Crippen molar-refractivity contribution in [1.82, 2.24) is 6.15 Å². The van der Waals surface area contributed by atoms with Crippen molar-refractivity contribution in [2.45, 2.75) is 13.8 Å². The van der Waals surface area contributed by atoms with Crippen LogP contribution in [0.4, 0.5) is 10.1 Å². The van der Waals surface area contributed by atoms with Gasteiger partial charge in [0.15, 0.2) is 0 Å². The van der Waals surface area contributed by atoms with Gasteiger partial charge in [-0.05, 0) is 30.2 Å². The van der Waals surface area contributed by atoms with Gasteiger partial charge in [0.1, 0.15) is 5.82 Å². The molecular formula is C10H17FN2. The van der Waals surface area contributed by atoms with Gasteiger partial charge in [0.05, 0.1) is 0 Å². The summed E-state index contributed by atoms with van der Waals surface area (Å²) in [5.74, 6) is 0.417. The Kier molecular flexibility index (Phi) is 5.07. The fourth-order valence-electron chi connectivity index (χ4n) is 0.890. The smallest absolute Gasteiger partial charge is 0.123 e. The van der Waals surface area contributed by atoms with E-state index < -0.39 is 0 Å². The molecule has 0 saturated heterocycles. The zero-order valence-corrected chi connectivity index (χ0v) is 8.18. The molecule has 74 valence electrons. The maximum atomic E-state index is 12.5. The van der Waals surface area contributed by atoms with Crippen molar-refractivity contribution in [2.75, 3.05) is 11.9 Å². The Morgan fingerprint density at radius 2 is 1.77 bits per heavy atom. The first-order chi connectivity index (χ1) is 5.68. The van der Waals surface area contributed by atoms with E-state index in [2.05, 4.69) is 19.2 Å². The Balaban J connectivity index is 0.00000144. The molecule has 0 aliphatic heterocycles. The summed E-state index contributed by atoms with van der Waals surface area (Å²) in [6, 6.07) is 6.42. The number of benzene rings is 1. The Labute approximate surface area is 78.7 Å². The molecule has 0 amide bonds. The molecule has 0 unspecified atom stereocenters. The average Bonchev–Trinajstić information content (AvgIpc) is 2.03. The van der Waals surface area contributed by atoms with Gasteiger partial charge in [0, 0.05) is 12.2 Å². The summed E-state index contributed by atoms with van der Waals surface area (Å²) < 4.78 is 12.5. The average molecular weight is 184 g/mol. The molecule has 13 heavy (non-hydrogen) atoms. The van der Waals surface area contributed by atoms with Gasteiger partial charge in [0.2, 0.25) is 0 Å². The van der Waals surface area contributed by atoms with Crippen LogP contribution in [0.25, 0.3) is 0 Å². The van der Waals surface area contributed by atoms with Crippen LogP contribution >= 0.6 is 0 Å². The molecule has 0 atom stereocenters. The number of hydrogen-bond donors (Lipinski definition) is 2. The summed E-state index contributed by atoms with van der Waals surface area (Å²) in [5, 5.41) is 3.20. The fraction of sp³-hybridized carbons (Fsp3) is 0.400. The molecule has 0 spiro atoms. The lowest BCUT2D eigenvalue weighted by Crippen LogP contribution is -2.07. The minimum absolute atomic E-state index is 0. The van der Waals surface area contributed by atoms with Crippen LogP contribution in [0, 0.1) is 11.7 Å². The predicted octanol–water partition coefficient (Wildman–Crippen LogP) is 3.06. The van der Waals surface area contributed by atoms with Crippen LogP contribution in [-0.4, -0.2) is 6.54 Å². The zero-order chi connectivity index (χ0) is 8.97. The van der Waals surface area contributed by atoms with E-state index in [1.54, 1.807) is 12.1 Å². The zero-order valence-electron chi connectivity index (χ0n) is 8.18. The number of nitrogens with one attached hydrogen (secondary N) is 1. The van der Waals surface area contributed by atoms with Crippen LogP contribution in [0.3, 0.4) is 0 Å². The van der Waals surface area contributed by atoms with Crippen LogP contribution < -0.4 is 11.5 Å². The molecule has 0 saturated carbocycles. The fourth-order valence-corrected chi connectivity index (χ4v) is 0.890. The van der Waals surface area contributed by atoms with E-state index in [1.807, 2.05) is 0 Å². The normalized spacial score (nSPS) is 9.54. The SMILES string of the molecule is CC(C)CNc1ccc(F)cc1.N. The molecule has 2 nitrogen and oxygen atoms in total. The number of hydrogen-bond acceptors (Lipinski definition) is 2. The van der Waals surface area contributed by atoms with E-state index in [0.717, 1.165) is 12.2 Å². The minimum atomic E-state index is -0.190. The summed E-state index contributed by atoms with van der Waals surface area (Å²) in [7, 11) is 0. The molecule has 4 N–H and O–H groups in total. The lowest BCUT2D eigenvalue weighted by atomic mass is 10.2. The van der Waals surface area contributed by atoms with Crippen molar-refractivity contribution in [3.8, 4) is 0 Å². The summed E-state index contributed by atoms with van der Waals surface area (Å²) in [4.78, 5) is 0. The van der Waals surface area contributed by atoms with Gasteiger partial charge in [-0.2, -0.15) is 0 Å². The molecule has 1 rings (SSSR count). The van der Waals surface area contributed by atoms with E-state index in [4.69, 9.17) is 0 Å². The lowest BCUT2D eigenvalue weighted by molar-refractivity contribution is 0.627. The first-order valence-electron chi connectivity index (χ1n) is 4.18. The Morgan fingerprint density at radius 3 is 2.23 bits per heavy atom. The molecule has 0 fully saturated rings. The highest BCUT2D eigenvalue weighted by Gasteiger charge is 1.94. The standard InChI is InChI=1S/C10H14FN.H3N/c1-8(2)7-12-10-5-3-9(11)4-6-10;/h3-6,8,12H,7H2,1-2H3;1H3. The van der Waals surface area contributed by atoms with Crippen molar-refractivity contribution in [3.63, 3.8) is 0 Å². The third-order valence-corrected chi connectivity index (χ3v) is 1.56. The Hall–Kier alpha value is -1.09. The third kappa shape index (κ3) is 4.48. The predicted molar refractivity (Wildman–Crippen MR) is 54.7 cm³/mol. The lowest BCUT2D eigenvalue weighted by Gasteiger charge is -2.07. The van der Waals surface area contributed by atoms with Gasteiger partial charge >= 0.3 is 0 Å². The summed E-state index contributed by atoms with van der Waals surface area (Å²) >= 11 is 0. The van der Waals surface area contributed by atoms with E-state index in [-0.39, 0.29) is 12.0 Å². The van der Waals surface area contributed by atoms with Crippen molar-refractivity contribution in [3.05, 3.63) is 30.1 Å². The van der Waals surface area contributed by atoms with Gasteiger partial charge in [-0.25, -0.2) is 4.39 Å². The summed E-state index contributed by atoms with van der Waals surface area (Å²) in [6.07, 6.45) is 0. The second-order valence-electron chi connectivity index (χ2n) is 3.28. The molecule has 3 heteroatoms. The van der Waals surface area contributed by atoms with Gasteiger partial charge < -0.3 is 11.5 Å². The maximum absolute atomic E-state index is 12.5. The van der Waals surface area contributed by atoms with Crippen molar-refractivity contribution >= 4 is 5.69 Å². The van der Waals surface area contributed by atoms with Crippen LogP contribution in [0.5, 0.6) is 0 Å². The maximum Gasteiger partial charge on any atom is 0.123 e. The van der Waals surface area contributed by atoms with Crippen LogP contribution in [0.1, 0.15) is 13.8 Å². The van der Waals surface area contributed by atoms with E-state index in [1.165, 1.54) is 12.1 Å². The van der Waals surface area contributed by atoms with Crippen LogP contribution in [0.15, 0.2) is 24.3 Å². The highest BCUT2D eigenvalue weighted by atomic mass is 19.1. The van der Waals surface area contributed by atoms with Gasteiger partial charge in [-0.3, -0.25) is 0 Å². The van der Waals surface area contributed by atoms with E-state index >= 15 is 0 Å². The molecule has 1 aromatic rings. The number of rotatable bonds is 3. The quantitative estimate of drug-likeness (QED) is 0.758. The largest absolute Gasteiger partial charge is 0.385 e. The van der Waals surface area contributed by atoms with Crippen LogP contribution in [-0.2, 0) is 0 Å². The topological polar surface area (TPSA) is 47.0 Å². The monoisotopic (exact) mass is 184 g/mol. The van der Waals surface area contributed by atoms with Crippen molar-refractivity contribution < 1.29 is 4.39 Å².